The number of nitrogens with zero attached hydrogens (tertiary/aromatic N) is 2. The zero-order valence-corrected chi connectivity index (χ0v) is 13.6. The third-order valence-corrected chi connectivity index (χ3v) is 4.40. The zero-order chi connectivity index (χ0) is 16.7. The van der Waals surface area contributed by atoms with E-state index in [0.717, 1.165) is 0 Å². The summed E-state index contributed by atoms with van der Waals surface area (Å²) in [5, 5.41) is 0. The minimum atomic E-state index is -3.45. The molecule has 1 N–H and O–H groups in total. The van der Waals surface area contributed by atoms with Crippen molar-refractivity contribution in [3.8, 4) is 5.75 Å². The average molecular weight is 337 g/mol. The standard InChI is InChI=1S/C15H19N3O4S/c1-13-11-15(19)18(12-16-13)8-7-17-23(20,21)10-9-22-14-5-3-2-4-6-14/h2-6,11-12,17H,7-10H2,1H3. The Hall–Kier alpha value is -2.19. The van der Waals surface area contributed by atoms with Gasteiger partial charge in [0.15, 0.2) is 0 Å². The summed E-state index contributed by atoms with van der Waals surface area (Å²) in [5.41, 5.74) is 0.425. The molecule has 0 radical (unpaired) electrons. The third-order valence-electron chi connectivity index (χ3n) is 3.05. The summed E-state index contributed by atoms with van der Waals surface area (Å²) in [5.74, 6) is 0.475. The summed E-state index contributed by atoms with van der Waals surface area (Å²) in [4.78, 5) is 15.7. The number of para-hydroxylation sites is 1. The molecule has 124 valence electrons. The number of benzene rings is 1. The first-order valence-corrected chi connectivity index (χ1v) is 8.80. The Morgan fingerprint density at radius 1 is 1.26 bits per heavy atom. The Morgan fingerprint density at radius 2 is 2.00 bits per heavy atom. The topological polar surface area (TPSA) is 90.3 Å². The summed E-state index contributed by atoms with van der Waals surface area (Å²) in [6.07, 6.45) is 1.41. The molecule has 0 spiro atoms. The number of nitrogens with one attached hydrogen (secondary N) is 1. The normalized spacial score (nSPS) is 11.3. The fourth-order valence-corrected chi connectivity index (χ4v) is 2.71. The summed E-state index contributed by atoms with van der Waals surface area (Å²) < 4.78 is 32.9. The van der Waals surface area contributed by atoms with Crippen LogP contribution in [-0.4, -0.2) is 36.9 Å². The Balaban J connectivity index is 1.76. The Morgan fingerprint density at radius 3 is 2.70 bits per heavy atom. The van der Waals surface area contributed by atoms with Gasteiger partial charge in [-0.15, -0.1) is 0 Å². The summed E-state index contributed by atoms with van der Waals surface area (Å²) in [7, 11) is -3.45. The van der Waals surface area contributed by atoms with Crippen molar-refractivity contribution in [1.29, 1.82) is 0 Å². The Labute approximate surface area is 135 Å². The molecule has 0 saturated carbocycles. The summed E-state index contributed by atoms with van der Waals surface area (Å²) in [6.45, 7) is 2.13. The molecular formula is C15H19N3O4S. The lowest BCUT2D eigenvalue weighted by Gasteiger charge is -2.09. The minimum Gasteiger partial charge on any atom is -0.492 e. The van der Waals surface area contributed by atoms with Gasteiger partial charge in [0.1, 0.15) is 12.4 Å². The van der Waals surface area contributed by atoms with Crippen molar-refractivity contribution in [2.24, 2.45) is 0 Å². The maximum Gasteiger partial charge on any atom is 0.253 e. The molecule has 23 heavy (non-hydrogen) atoms. The molecule has 0 aliphatic rings. The molecule has 0 fully saturated rings. The third kappa shape index (κ3) is 5.84. The number of sulfonamides is 1. The van der Waals surface area contributed by atoms with Crippen LogP contribution < -0.4 is 15.0 Å². The van der Waals surface area contributed by atoms with Crippen LogP contribution in [0.1, 0.15) is 5.69 Å². The van der Waals surface area contributed by atoms with E-state index in [-0.39, 0.29) is 31.0 Å². The van der Waals surface area contributed by atoms with Crippen molar-refractivity contribution < 1.29 is 13.2 Å². The maximum absolute atomic E-state index is 11.9. The molecule has 0 aliphatic heterocycles. The molecule has 1 aromatic heterocycles. The van der Waals surface area contributed by atoms with Crippen LogP contribution in [0.5, 0.6) is 5.75 Å². The second kappa shape index (κ2) is 7.89. The van der Waals surface area contributed by atoms with Gasteiger partial charge in [-0.2, -0.15) is 0 Å². The van der Waals surface area contributed by atoms with Crippen LogP contribution in [0, 0.1) is 6.92 Å². The first kappa shape index (κ1) is 17.2. The highest BCUT2D eigenvalue weighted by molar-refractivity contribution is 7.89. The van der Waals surface area contributed by atoms with Crippen molar-refractivity contribution in [3.63, 3.8) is 0 Å². The van der Waals surface area contributed by atoms with Crippen LogP contribution in [0.15, 0.2) is 47.5 Å². The van der Waals surface area contributed by atoms with Crippen molar-refractivity contribution in [3.05, 3.63) is 58.8 Å². The quantitative estimate of drug-likeness (QED) is 0.760. The molecule has 0 aliphatic carbocycles. The van der Waals surface area contributed by atoms with Gasteiger partial charge in [0, 0.05) is 24.8 Å². The van der Waals surface area contributed by atoms with E-state index in [4.69, 9.17) is 4.74 Å². The van der Waals surface area contributed by atoms with Crippen LogP contribution in [0.3, 0.4) is 0 Å². The summed E-state index contributed by atoms with van der Waals surface area (Å²) in [6, 6.07) is 10.4. The lowest BCUT2D eigenvalue weighted by atomic mass is 10.3. The van der Waals surface area contributed by atoms with Gasteiger partial charge in [0.05, 0.1) is 12.1 Å². The molecule has 2 aromatic rings. The highest BCUT2D eigenvalue weighted by Crippen LogP contribution is 2.07. The highest BCUT2D eigenvalue weighted by atomic mass is 32.2. The minimum absolute atomic E-state index is 0.0609. The zero-order valence-electron chi connectivity index (χ0n) is 12.8. The van der Waals surface area contributed by atoms with E-state index in [1.54, 1.807) is 19.1 Å². The lowest BCUT2D eigenvalue weighted by molar-refractivity contribution is 0.340. The van der Waals surface area contributed by atoms with Crippen LogP contribution in [0.2, 0.25) is 0 Å². The number of aromatic nitrogens is 2. The molecular weight excluding hydrogens is 318 g/mol. The maximum atomic E-state index is 11.9. The second-order valence-corrected chi connectivity index (χ2v) is 6.86. The molecule has 0 saturated heterocycles. The number of aryl methyl sites for hydroxylation is 1. The molecule has 0 amide bonds. The molecule has 0 unspecified atom stereocenters. The fraction of sp³-hybridized carbons (Fsp3) is 0.333. The predicted octanol–water partition coefficient (Wildman–Crippen LogP) is 0.550. The van der Waals surface area contributed by atoms with Gasteiger partial charge in [-0.1, -0.05) is 18.2 Å². The SMILES string of the molecule is Cc1cc(=O)n(CCNS(=O)(=O)CCOc2ccccc2)cn1. The highest BCUT2D eigenvalue weighted by Gasteiger charge is 2.10. The smallest absolute Gasteiger partial charge is 0.253 e. The van der Waals surface area contributed by atoms with E-state index in [1.165, 1.54) is 17.0 Å². The monoisotopic (exact) mass is 337 g/mol. The largest absolute Gasteiger partial charge is 0.492 e. The Kier molecular flexibility index (Phi) is 5.89. The van der Waals surface area contributed by atoms with Crippen molar-refractivity contribution in [2.45, 2.75) is 13.5 Å². The number of hydrogen-bond donors (Lipinski definition) is 1. The molecule has 0 bridgehead atoms. The van der Waals surface area contributed by atoms with Gasteiger partial charge < -0.3 is 4.74 Å². The van der Waals surface area contributed by atoms with E-state index in [1.807, 2.05) is 18.2 Å². The van der Waals surface area contributed by atoms with E-state index in [0.29, 0.717) is 11.4 Å². The number of rotatable bonds is 8. The van der Waals surface area contributed by atoms with Crippen LogP contribution in [0.25, 0.3) is 0 Å². The summed E-state index contributed by atoms with van der Waals surface area (Å²) >= 11 is 0. The molecule has 8 heteroatoms. The molecule has 2 rings (SSSR count). The van der Waals surface area contributed by atoms with E-state index >= 15 is 0 Å². The van der Waals surface area contributed by atoms with Gasteiger partial charge in [-0.05, 0) is 19.1 Å². The average Bonchev–Trinajstić information content (AvgIpc) is 2.50. The Bertz CT molecular complexity index is 788. The lowest BCUT2D eigenvalue weighted by Crippen LogP contribution is -2.33. The van der Waals surface area contributed by atoms with Gasteiger partial charge in [-0.3, -0.25) is 9.36 Å². The van der Waals surface area contributed by atoms with Crippen LogP contribution >= 0.6 is 0 Å². The molecule has 0 atom stereocenters. The number of hydrogen-bond acceptors (Lipinski definition) is 5. The fourth-order valence-electron chi connectivity index (χ4n) is 1.86. The van der Waals surface area contributed by atoms with E-state index < -0.39 is 10.0 Å². The van der Waals surface area contributed by atoms with Gasteiger partial charge >= 0.3 is 0 Å². The second-order valence-electron chi connectivity index (χ2n) is 4.94. The number of ether oxygens (including phenoxy) is 1. The van der Waals surface area contributed by atoms with Gasteiger partial charge in [0.2, 0.25) is 10.0 Å². The molecule has 1 aromatic carbocycles. The van der Waals surface area contributed by atoms with E-state index in [9.17, 15) is 13.2 Å². The van der Waals surface area contributed by atoms with Crippen LogP contribution in [0.4, 0.5) is 0 Å². The van der Waals surface area contributed by atoms with Gasteiger partial charge in [-0.25, -0.2) is 18.1 Å². The predicted molar refractivity (Wildman–Crippen MR) is 87.0 cm³/mol. The van der Waals surface area contributed by atoms with Crippen molar-refractivity contribution >= 4 is 10.0 Å². The molecule has 1 heterocycles. The first-order valence-electron chi connectivity index (χ1n) is 7.14. The van der Waals surface area contributed by atoms with Crippen molar-refractivity contribution in [2.75, 3.05) is 18.9 Å². The van der Waals surface area contributed by atoms with Crippen molar-refractivity contribution in [1.82, 2.24) is 14.3 Å². The van der Waals surface area contributed by atoms with Crippen LogP contribution in [-0.2, 0) is 16.6 Å². The molecule has 7 nitrogen and oxygen atoms in total. The first-order chi connectivity index (χ1) is 11.0. The van der Waals surface area contributed by atoms with E-state index in [2.05, 4.69) is 9.71 Å². The van der Waals surface area contributed by atoms with Gasteiger partial charge in [0.25, 0.3) is 5.56 Å².